The Balaban J connectivity index is 1.67. The molecule has 3 saturated heterocycles. The van der Waals surface area contributed by atoms with Crippen molar-refractivity contribution in [2.45, 2.75) is 24.8 Å². The van der Waals surface area contributed by atoms with Crippen molar-refractivity contribution < 1.29 is 14.4 Å². The molecule has 19 heavy (non-hydrogen) atoms. The highest BCUT2D eigenvalue weighted by Crippen LogP contribution is 2.26. The molecule has 1 unspecified atom stereocenters. The van der Waals surface area contributed by atoms with Gasteiger partial charge in [-0.25, -0.2) is 4.79 Å². The minimum atomic E-state index is -0.894. The topological polar surface area (TPSA) is 90.5 Å². The highest BCUT2D eigenvalue weighted by molar-refractivity contribution is 6.07. The second kappa shape index (κ2) is 4.48. The molecule has 0 saturated carbocycles. The average Bonchev–Trinajstić information content (AvgIpc) is 2.95. The summed E-state index contributed by atoms with van der Waals surface area (Å²) in [7, 11) is 0. The van der Waals surface area contributed by atoms with E-state index in [1.165, 1.54) is 0 Å². The third kappa shape index (κ3) is 2.07. The van der Waals surface area contributed by atoms with Crippen LogP contribution < -0.4 is 16.0 Å². The van der Waals surface area contributed by atoms with Crippen molar-refractivity contribution in [3.05, 3.63) is 0 Å². The Labute approximate surface area is 111 Å². The summed E-state index contributed by atoms with van der Waals surface area (Å²) >= 11 is 0. The summed E-state index contributed by atoms with van der Waals surface area (Å²) in [5.74, 6) is -0.211. The van der Waals surface area contributed by atoms with Gasteiger partial charge in [0.2, 0.25) is 5.91 Å². The summed E-state index contributed by atoms with van der Waals surface area (Å²) in [6.45, 7) is 2.50. The van der Waals surface area contributed by atoms with Crippen LogP contribution in [0.1, 0.15) is 19.3 Å². The van der Waals surface area contributed by atoms with E-state index in [0.29, 0.717) is 26.1 Å². The third-order valence-corrected chi connectivity index (χ3v) is 4.24. The predicted octanol–water partition coefficient (Wildman–Crippen LogP) is -1.20. The number of hydrogen-bond acceptors (Lipinski definition) is 4. The molecule has 0 bridgehead atoms. The number of urea groups is 1. The van der Waals surface area contributed by atoms with Crippen LogP contribution in [0.5, 0.6) is 0 Å². The van der Waals surface area contributed by atoms with Gasteiger partial charge in [-0.1, -0.05) is 0 Å². The van der Waals surface area contributed by atoms with Crippen molar-refractivity contribution >= 4 is 17.8 Å². The van der Waals surface area contributed by atoms with E-state index < -0.39 is 11.6 Å². The molecule has 7 heteroatoms. The molecule has 3 aliphatic heterocycles. The summed E-state index contributed by atoms with van der Waals surface area (Å²) < 4.78 is 0. The first-order valence-corrected chi connectivity index (χ1v) is 6.74. The fraction of sp³-hybridized carbons (Fsp3) is 0.750. The van der Waals surface area contributed by atoms with Gasteiger partial charge in [0.25, 0.3) is 5.91 Å². The molecular formula is C12H18N4O3. The van der Waals surface area contributed by atoms with Gasteiger partial charge in [-0.15, -0.1) is 0 Å². The molecule has 3 fully saturated rings. The molecule has 3 N–H and O–H groups in total. The number of imide groups is 1. The molecule has 0 aliphatic carbocycles. The largest absolute Gasteiger partial charge is 0.339 e. The van der Waals surface area contributed by atoms with E-state index in [1.807, 2.05) is 0 Å². The van der Waals surface area contributed by atoms with Crippen LogP contribution in [0.2, 0.25) is 0 Å². The van der Waals surface area contributed by atoms with Crippen LogP contribution >= 0.6 is 0 Å². The molecule has 3 rings (SSSR count). The van der Waals surface area contributed by atoms with Crippen LogP contribution in [0.25, 0.3) is 0 Å². The van der Waals surface area contributed by atoms with Crippen molar-refractivity contribution in [2.75, 3.05) is 26.2 Å². The molecule has 1 spiro atoms. The molecule has 0 aromatic carbocycles. The van der Waals surface area contributed by atoms with Gasteiger partial charge in [0, 0.05) is 13.1 Å². The van der Waals surface area contributed by atoms with Crippen molar-refractivity contribution in [2.24, 2.45) is 5.92 Å². The maximum absolute atomic E-state index is 12.4. The summed E-state index contributed by atoms with van der Waals surface area (Å²) in [4.78, 5) is 37.1. The number of likely N-dealkylation sites (tertiary alicyclic amines) is 1. The molecule has 0 aromatic rings. The molecule has 0 radical (unpaired) electrons. The van der Waals surface area contributed by atoms with Gasteiger partial charge < -0.3 is 15.5 Å². The van der Waals surface area contributed by atoms with E-state index in [2.05, 4.69) is 16.0 Å². The Morgan fingerprint density at radius 3 is 2.84 bits per heavy atom. The number of amides is 4. The van der Waals surface area contributed by atoms with Gasteiger partial charge >= 0.3 is 6.03 Å². The fourth-order valence-corrected chi connectivity index (χ4v) is 3.13. The lowest BCUT2D eigenvalue weighted by Gasteiger charge is -2.27. The second-order valence-electron chi connectivity index (χ2n) is 5.54. The predicted molar refractivity (Wildman–Crippen MR) is 66.2 cm³/mol. The highest BCUT2D eigenvalue weighted by Gasteiger charge is 2.52. The molecular weight excluding hydrogens is 248 g/mol. The molecule has 0 aromatic heterocycles. The van der Waals surface area contributed by atoms with Crippen molar-refractivity contribution in [3.63, 3.8) is 0 Å². The highest BCUT2D eigenvalue weighted by atomic mass is 16.2. The van der Waals surface area contributed by atoms with E-state index in [1.54, 1.807) is 4.90 Å². The lowest BCUT2D eigenvalue weighted by molar-refractivity contribution is -0.135. The number of nitrogens with one attached hydrogen (secondary N) is 3. The van der Waals surface area contributed by atoms with Crippen LogP contribution in [0.4, 0.5) is 4.79 Å². The zero-order valence-corrected chi connectivity index (χ0v) is 10.7. The van der Waals surface area contributed by atoms with Gasteiger partial charge in [-0.05, 0) is 25.8 Å². The van der Waals surface area contributed by atoms with Crippen LogP contribution in [0.15, 0.2) is 0 Å². The number of carbonyl (C=O) groups excluding carboxylic acids is 3. The lowest BCUT2D eigenvalue weighted by atomic mass is 9.97. The Morgan fingerprint density at radius 2 is 2.21 bits per heavy atom. The van der Waals surface area contributed by atoms with Crippen molar-refractivity contribution in [1.29, 1.82) is 0 Å². The standard InChI is InChI=1S/C12H18N4O3/c17-9(8-2-1-4-13-6-8)16-5-3-12(7-16)10(18)14-11(19)15-12/h8,13H,1-7H2,(H2,14,15,18,19)/t8-,12?/m1/s1. The van der Waals surface area contributed by atoms with E-state index in [9.17, 15) is 14.4 Å². The summed E-state index contributed by atoms with van der Waals surface area (Å²) in [6.07, 6.45) is 2.40. The first-order valence-electron chi connectivity index (χ1n) is 6.74. The maximum atomic E-state index is 12.4. The summed E-state index contributed by atoms with van der Waals surface area (Å²) in [5, 5.41) is 8.13. The van der Waals surface area contributed by atoms with Crippen LogP contribution in [-0.4, -0.2) is 54.5 Å². The molecule has 7 nitrogen and oxygen atoms in total. The van der Waals surface area contributed by atoms with E-state index in [4.69, 9.17) is 0 Å². The number of hydrogen-bond donors (Lipinski definition) is 3. The first kappa shape index (κ1) is 12.4. The van der Waals surface area contributed by atoms with Gasteiger partial charge in [0.05, 0.1) is 12.5 Å². The molecule has 2 atom stereocenters. The van der Waals surface area contributed by atoms with E-state index in [0.717, 1.165) is 19.4 Å². The molecule has 3 heterocycles. The van der Waals surface area contributed by atoms with Gasteiger partial charge in [-0.2, -0.15) is 0 Å². The van der Waals surface area contributed by atoms with Gasteiger partial charge in [-0.3, -0.25) is 14.9 Å². The zero-order valence-electron chi connectivity index (χ0n) is 10.7. The van der Waals surface area contributed by atoms with E-state index in [-0.39, 0.29) is 17.7 Å². The Bertz CT molecular complexity index is 433. The smallest absolute Gasteiger partial charge is 0.322 e. The summed E-state index contributed by atoms with van der Waals surface area (Å²) in [6, 6.07) is -0.460. The van der Waals surface area contributed by atoms with Crippen LogP contribution in [0.3, 0.4) is 0 Å². The minimum Gasteiger partial charge on any atom is -0.339 e. The quantitative estimate of drug-likeness (QED) is 0.520. The maximum Gasteiger partial charge on any atom is 0.322 e. The summed E-state index contributed by atoms with van der Waals surface area (Å²) in [5.41, 5.74) is -0.894. The van der Waals surface area contributed by atoms with Gasteiger partial charge in [0.15, 0.2) is 0 Å². The Morgan fingerprint density at radius 1 is 1.37 bits per heavy atom. The molecule has 4 amide bonds. The fourth-order valence-electron chi connectivity index (χ4n) is 3.13. The molecule has 3 aliphatic rings. The second-order valence-corrected chi connectivity index (χ2v) is 5.54. The SMILES string of the molecule is O=C1NC(=O)C2(CCN(C(=O)[C@@H]3CCCNC3)C2)N1. The van der Waals surface area contributed by atoms with Crippen LogP contribution in [0, 0.1) is 5.92 Å². The van der Waals surface area contributed by atoms with Crippen molar-refractivity contribution in [1.82, 2.24) is 20.9 Å². The lowest BCUT2D eigenvalue weighted by Crippen LogP contribution is -2.51. The van der Waals surface area contributed by atoms with Gasteiger partial charge in [0.1, 0.15) is 5.54 Å². The number of nitrogens with zero attached hydrogens (tertiary/aromatic N) is 1. The minimum absolute atomic E-state index is 0.00376. The number of piperidine rings is 1. The number of rotatable bonds is 1. The first-order chi connectivity index (χ1) is 9.11. The van der Waals surface area contributed by atoms with E-state index >= 15 is 0 Å². The monoisotopic (exact) mass is 266 g/mol. The normalized spacial score (nSPS) is 34.5. The molecule has 104 valence electrons. The Hall–Kier alpha value is -1.63. The third-order valence-electron chi connectivity index (χ3n) is 4.24. The van der Waals surface area contributed by atoms with Crippen molar-refractivity contribution in [3.8, 4) is 0 Å². The average molecular weight is 266 g/mol. The zero-order chi connectivity index (χ0) is 13.5. The van der Waals surface area contributed by atoms with Crippen LogP contribution in [-0.2, 0) is 9.59 Å². The number of carbonyl (C=O) groups is 3. The Kier molecular flexibility index (Phi) is 2.93.